The highest BCUT2D eigenvalue weighted by Crippen LogP contribution is 2.28. The molecule has 0 saturated carbocycles. The molecular formula is C16H16N4OS2. The molecule has 23 heavy (non-hydrogen) atoms. The fraction of sp³-hybridized carbons (Fsp3) is 0.188. The summed E-state index contributed by atoms with van der Waals surface area (Å²) < 4.78 is 0.776. The second-order valence-electron chi connectivity index (χ2n) is 4.84. The molecule has 0 aliphatic heterocycles. The number of nitrogens with zero attached hydrogens (tertiary/aromatic N) is 2. The van der Waals surface area contributed by atoms with Crippen LogP contribution in [0.15, 0.2) is 46.9 Å². The Bertz CT molecular complexity index is 766. The summed E-state index contributed by atoms with van der Waals surface area (Å²) in [4.78, 5) is 14.8. The van der Waals surface area contributed by atoms with E-state index in [0.717, 1.165) is 21.6 Å². The van der Waals surface area contributed by atoms with Crippen molar-refractivity contribution < 1.29 is 4.79 Å². The topological polar surface area (TPSA) is 70.7 Å². The zero-order valence-electron chi connectivity index (χ0n) is 12.6. The summed E-state index contributed by atoms with van der Waals surface area (Å²) in [6, 6.07) is 11.8. The molecule has 0 unspecified atom stereocenters. The van der Waals surface area contributed by atoms with E-state index >= 15 is 0 Å². The minimum Gasteiger partial charge on any atom is -0.359 e. The molecule has 118 valence electrons. The first kappa shape index (κ1) is 15.8. The number of benzene rings is 1. The number of aromatic amines is 1. The first-order valence-electron chi connectivity index (χ1n) is 7.23. The number of ketones is 1. The molecule has 1 aromatic carbocycles. The van der Waals surface area contributed by atoms with Gasteiger partial charge >= 0.3 is 0 Å². The Labute approximate surface area is 142 Å². The number of aromatic nitrogens is 3. The lowest BCUT2D eigenvalue weighted by Crippen LogP contribution is -2.02. The van der Waals surface area contributed by atoms with Gasteiger partial charge in [-0.05, 0) is 36.2 Å². The Balaban J connectivity index is 1.56. The number of nitrogens with one attached hydrogen (secondary N) is 2. The number of rotatable bonds is 7. The van der Waals surface area contributed by atoms with Crippen molar-refractivity contribution in [2.24, 2.45) is 0 Å². The van der Waals surface area contributed by atoms with E-state index in [9.17, 15) is 4.79 Å². The molecule has 0 atom stereocenters. The highest BCUT2D eigenvalue weighted by atomic mass is 32.2. The number of hydrogen-bond donors (Lipinski definition) is 2. The van der Waals surface area contributed by atoms with Crippen LogP contribution in [0.1, 0.15) is 23.0 Å². The van der Waals surface area contributed by atoms with E-state index in [0.29, 0.717) is 11.4 Å². The monoisotopic (exact) mass is 344 g/mol. The summed E-state index contributed by atoms with van der Waals surface area (Å²) in [5, 5.41) is 12.2. The van der Waals surface area contributed by atoms with Crippen LogP contribution in [0, 0.1) is 0 Å². The summed E-state index contributed by atoms with van der Waals surface area (Å²) in [6.45, 7) is 2.13. The van der Waals surface area contributed by atoms with Crippen LogP contribution in [0.4, 0.5) is 10.8 Å². The van der Waals surface area contributed by atoms with Gasteiger partial charge in [0.05, 0.1) is 11.4 Å². The van der Waals surface area contributed by atoms with Crippen LogP contribution in [0.5, 0.6) is 0 Å². The van der Waals surface area contributed by atoms with E-state index in [1.54, 1.807) is 12.3 Å². The number of Topliss-reactive ketones (excluding diaryl/α,β-unsaturated/α-hetero) is 1. The van der Waals surface area contributed by atoms with Gasteiger partial charge in [0, 0.05) is 11.9 Å². The van der Waals surface area contributed by atoms with E-state index in [-0.39, 0.29) is 5.78 Å². The molecule has 2 N–H and O–H groups in total. The maximum Gasteiger partial charge on any atom is 0.210 e. The molecule has 0 spiro atoms. The van der Waals surface area contributed by atoms with Crippen LogP contribution in [0.3, 0.4) is 0 Å². The molecule has 0 fully saturated rings. The Hall–Kier alpha value is -2.12. The van der Waals surface area contributed by atoms with Crippen LogP contribution < -0.4 is 5.32 Å². The van der Waals surface area contributed by atoms with Crippen molar-refractivity contribution in [2.45, 2.75) is 17.7 Å². The number of carbonyl (C=O) groups excluding carboxylic acids is 1. The average molecular weight is 344 g/mol. The number of anilines is 2. The van der Waals surface area contributed by atoms with Gasteiger partial charge in [0.15, 0.2) is 10.1 Å². The minimum atomic E-state index is 0.0554. The third-order valence-corrected chi connectivity index (χ3v) is 5.22. The average Bonchev–Trinajstić information content (AvgIpc) is 3.25. The Morgan fingerprint density at radius 3 is 2.78 bits per heavy atom. The second kappa shape index (κ2) is 7.43. The molecule has 3 aromatic rings. The first-order chi connectivity index (χ1) is 11.2. The number of carbonyl (C=O) groups is 1. The maximum atomic E-state index is 11.9. The van der Waals surface area contributed by atoms with E-state index in [4.69, 9.17) is 0 Å². The fourth-order valence-electron chi connectivity index (χ4n) is 1.97. The Morgan fingerprint density at radius 2 is 2.09 bits per heavy atom. The zero-order chi connectivity index (χ0) is 16.1. The van der Waals surface area contributed by atoms with Gasteiger partial charge in [0.1, 0.15) is 0 Å². The van der Waals surface area contributed by atoms with Crippen molar-refractivity contribution >= 4 is 39.7 Å². The molecule has 5 nitrogen and oxygen atoms in total. The van der Waals surface area contributed by atoms with Crippen molar-refractivity contribution in [3.8, 4) is 0 Å². The maximum absolute atomic E-state index is 11.9. The van der Waals surface area contributed by atoms with Gasteiger partial charge in [-0.25, -0.2) is 0 Å². The lowest BCUT2D eigenvalue weighted by Gasteiger charge is -2.02. The van der Waals surface area contributed by atoms with Crippen molar-refractivity contribution in [3.05, 3.63) is 53.9 Å². The number of hydrogen-bond acceptors (Lipinski definition) is 6. The molecule has 2 aromatic heterocycles. The molecule has 0 radical (unpaired) electrons. The molecule has 2 heterocycles. The third kappa shape index (κ3) is 4.20. The lowest BCUT2D eigenvalue weighted by molar-refractivity contribution is 0.101. The van der Waals surface area contributed by atoms with Crippen LogP contribution in [0.25, 0.3) is 0 Å². The predicted octanol–water partition coefficient (Wildman–Crippen LogP) is 4.15. The number of aryl methyl sites for hydroxylation is 1. The van der Waals surface area contributed by atoms with Crippen LogP contribution in [-0.2, 0) is 6.42 Å². The SMILES string of the molecule is CCc1ccc(Nc2nnc(SCC(=O)c3ccc[nH]3)s2)cc1. The van der Waals surface area contributed by atoms with Gasteiger partial charge in [-0.2, -0.15) is 0 Å². The molecular weight excluding hydrogens is 328 g/mol. The molecule has 0 aliphatic carbocycles. The quantitative estimate of drug-likeness (QED) is 0.498. The molecule has 0 amide bonds. The molecule has 3 rings (SSSR count). The normalized spacial score (nSPS) is 10.7. The fourth-order valence-corrected chi connectivity index (χ4v) is 3.63. The van der Waals surface area contributed by atoms with Crippen molar-refractivity contribution in [3.63, 3.8) is 0 Å². The second-order valence-corrected chi connectivity index (χ2v) is 7.04. The minimum absolute atomic E-state index is 0.0554. The van der Waals surface area contributed by atoms with Crippen molar-refractivity contribution in [1.82, 2.24) is 15.2 Å². The van der Waals surface area contributed by atoms with Crippen LogP contribution >= 0.6 is 23.1 Å². The first-order valence-corrected chi connectivity index (χ1v) is 9.03. The van der Waals surface area contributed by atoms with E-state index in [1.165, 1.54) is 28.7 Å². The van der Waals surface area contributed by atoms with Gasteiger partial charge in [-0.1, -0.05) is 42.2 Å². The summed E-state index contributed by atoms with van der Waals surface area (Å²) in [6.07, 6.45) is 2.77. The molecule has 0 bridgehead atoms. The van der Waals surface area contributed by atoms with Gasteiger partial charge < -0.3 is 10.3 Å². The molecule has 0 aliphatic rings. The molecule has 0 saturated heterocycles. The van der Waals surface area contributed by atoms with Gasteiger partial charge in [0.2, 0.25) is 5.13 Å². The van der Waals surface area contributed by atoms with E-state index in [1.807, 2.05) is 18.2 Å². The largest absolute Gasteiger partial charge is 0.359 e. The van der Waals surface area contributed by atoms with Gasteiger partial charge in [-0.3, -0.25) is 4.79 Å². The highest BCUT2D eigenvalue weighted by molar-refractivity contribution is 8.01. The summed E-state index contributed by atoms with van der Waals surface area (Å²) in [5.41, 5.74) is 2.90. The van der Waals surface area contributed by atoms with Crippen molar-refractivity contribution in [1.29, 1.82) is 0 Å². The number of thioether (sulfide) groups is 1. The van der Waals surface area contributed by atoms with Gasteiger partial charge in [-0.15, -0.1) is 10.2 Å². The van der Waals surface area contributed by atoms with E-state index in [2.05, 4.69) is 39.6 Å². The summed E-state index contributed by atoms with van der Waals surface area (Å²) >= 11 is 2.84. The molecule has 7 heteroatoms. The van der Waals surface area contributed by atoms with Crippen LogP contribution in [-0.4, -0.2) is 26.7 Å². The zero-order valence-corrected chi connectivity index (χ0v) is 14.2. The van der Waals surface area contributed by atoms with Crippen LogP contribution in [0.2, 0.25) is 0 Å². The standard InChI is InChI=1S/C16H16N4OS2/c1-2-11-5-7-12(8-6-11)18-15-19-20-16(23-15)22-10-14(21)13-4-3-9-17-13/h3-9,17H,2,10H2,1H3,(H,18,19). The Morgan fingerprint density at radius 1 is 1.26 bits per heavy atom. The number of H-pyrrole nitrogens is 1. The Kier molecular flexibility index (Phi) is 5.09. The predicted molar refractivity (Wildman–Crippen MR) is 94.9 cm³/mol. The smallest absolute Gasteiger partial charge is 0.210 e. The van der Waals surface area contributed by atoms with E-state index < -0.39 is 0 Å². The van der Waals surface area contributed by atoms with Gasteiger partial charge in [0.25, 0.3) is 0 Å². The van der Waals surface area contributed by atoms with Crippen molar-refractivity contribution in [2.75, 3.05) is 11.1 Å². The highest BCUT2D eigenvalue weighted by Gasteiger charge is 2.10. The third-order valence-electron chi connectivity index (χ3n) is 3.25. The summed E-state index contributed by atoms with van der Waals surface area (Å²) in [7, 11) is 0. The summed E-state index contributed by atoms with van der Waals surface area (Å²) in [5.74, 6) is 0.403. The lowest BCUT2D eigenvalue weighted by atomic mass is 10.1.